The van der Waals surface area contributed by atoms with Crippen LogP contribution in [0, 0.1) is 0 Å². The molecule has 0 aliphatic carbocycles. The van der Waals surface area contributed by atoms with Crippen LogP contribution in [0.25, 0.3) is 0 Å². The zero-order chi connectivity index (χ0) is 12.8. The number of oxime groups is 1. The number of rotatable bonds is 5. The van der Waals surface area contributed by atoms with E-state index in [0.29, 0.717) is 29.4 Å². The minimum Gasteiger partial charge on any atom is -0.493 e. The molecule has 0 unspecified atom stereocenters. The fourth-order valence-electron chi connectivity index (χ4n) is 1.57. The van der Waals surface area contributed by atoms with E-state index in [1.54, 1.807) is 28.3 Å². The summed E-state index contributed by atoms with van der Waals surface area (Å²) in [5.41, 5.74) is 1.54. The van der Waals surface area contributed by atoms with Crippen LogP contribution >= 0.6 is 0 Å². The van der Waals surface area contributed by atoms with Gasteiger partial charge in [0, 0.05) is 6.42 Å². The molecule has 0 atom stereocenters. The second kappa shape index (κ2) is 5.98. The summed E-state index contributed by atoms with van der Waals surface area (Å²) in [4.78, 5) is 0. The maximum absolute atomic E-state index is 8.65. The summed E-state index contributed by atoms with van der Waals surface area (Å²) in [5.74, 6) is 1.73. The quantitative estimate of drug-likeness (QED) is 0.485. The maximum Gasteiger partial charge on any atom is 0.203 e. The predicted octanol–water partition coefficient (Wildman–Crippen LogP) is 2.10. The molecule has 5 nitrogen and oxygen atoms in total. The third kappa shape index (κ3) is 3.03. The first-order valence-corrected chi connectivity index (χ1v) is 5.12. The molecule has 5 heteroatoms. The fourth-order valence-corrected chi connectivity index (χ4v) is 1.57. The van der Waals surface area contributed by atoms with Crippen molar-refractivity contribution >= 4 is 5.71 Å². The van der Waals surface area contributed by atoms with E-state index >= 15 is 0 Å². The number of hydrogen-bond acceptors (Lipinski definition) is 5. The van der Waals surface area contributed by atoms with E-state index in [2.05, 4.69) is 5.16 Å². The van der Waals surface area contributed by atoms with Crippen molar-refractivity contribution in [1.29, 1.82) is 0 Å². The third-order valence-electron chi connectivity index (χ3n) is 2.36. The molecule has 0 radical (unpaired) electrons. The van der Waals surface area contributed by atoms with Crippen molar-refractivity contribution in [3.63, 3.8) is 0 Å². The van der Waals surface area contributed by atoms with Crippen molar-refractivity contribution in [2.24, 2.45) is 5.16 Å². The van der Waals surface area contributed by atoms with Gasteiger partial charge in [0.1, 0.15) is 0 Å². The molecule has 94 valence electrons. The molecule has 1 aromatic carbocycles. The van der Waals surface area contributed by atoms with Gasteiger partial charge in [0.2, 0.25) is 5.75 Å². The van der Waals surface area contributed by atoms with Gasteiger partial charge >= 0.3 is 0 Å². The molecule has 0 saturated heterocycles. The lowest BCUT2D eigenvalue weighted by Gasteiger charge is -2.13. The van der Waals surface area contributed by atoms with Gasteiger partial charge in [0.15, 0.2) is 11.5 Å². The summed E-state index contributed by atoms with van der Waals surface area (Å²) in [7, 11) is 4.68. The van der Waals surface area contributed by atoms with Gasteiger partial charge in [-0.25, -0.2) is 0 Å². The Balaban J connectivity index is 3.17. The topological polar surface area (TPSA) is 60.3 Å². The van der Waals surface area contributed by atoms with Gasteiger partial charge in [-0.15, -0.1) is 0 Å². The van der Waals surface area contributed by atoms with E-state index in [9.17, 15) is 0 Å². The van der Waals surface area contributed by atoms with Crippen molar-refractivity contribution in [3.05, 3.63) is 17.7 Å². The summed E-state index contributed by atoms with van der Waals surface area (Å²) in [5, 5.41) is 11.8. The Morgan fingerprint density at radius 3 is 2.00 bits per heavy atom. The highest BCUT2D eigenvalue weighted by Gasteiger charge is 2.13. The van der Waals surface area contributed by atoms with Crippen LogP contribution in [0.15, 0.2) is 17.3 Å². The van der Waals surface area contributed by atoms with Gasteiger partial charge in [-0.2, -0.15) is 0 Å². The van der Waals surface area contributed by atoms with E-state index in [1.165, 1.54) is 0 Å². The van der Waals surface area contributed by atoms with Crippen molar-refractivity contribution in [2.75, 3.05) is 21.3 Å². The monoisotopic (exact) mass is 239 g/mol. The molecule has 0 bridgehead atoms. The number of hydrogen-bond donors (Lipinski definition) is 1. The molecule has 0 aliphatic rings. The normalized spacial score (nSPS) is 11.2. The largest absolute Gasteiger partial charge is 0.493 e. The number of benzene rings is 1. The Morgan fingerprint density at radius 1 is 1.12 bits per heavy atom. The van der Waals surface area contributed by atoms with E-state index in [1.807, 2.05) is 12.1 Å². The number of nitrogens with zero attached hydrogens (tertiary/aromatic N) is 1. The van der Waals surface area contributed by atoms with Gasteiger partial charge in [-0.05, 0) is 24.6 Å². The highest BCUT2D eigenvalue weighted by atomic mass is 16.5. The molecule has 0 aliphatic heterocycles. The lowest BCUT2D eigenvalue weighted by molar-refractivity contribution is 0.317. The Hall–Kier alpha value is -1.91. The smallest absolute Gasteiger partial charge is 0.203 e. The number of ether oxygens (including phenoxy) is 3. The van der Waals surface area contributed by atoms with Crippen molar-refractivity contribution in [2.45, 2.75) is 13.3 Å². The third-order valence-corrected chi connectivity index (χ3v) is 2.36. The molecule has 0 spiro atoms. The van der Waals surface area contributed by atoms with Crippen molar-refractivity contribution in [1.82, 2.24) is 0 Å². The molecular formula is C12H17NO4. The number of methoxy groups -OCH3 is 3. The van der Waals surface area contributed by atoms with Crippen LogP contribution in [0.1, 0.15) is 12.5 Å². The minimum atomic E-state index is 0.521. The van der Waals surface area contributed by atoms with Crippen LogP contribution < -0.4 is 14.2 Å². The highest BCUT2D eigenvalue weighted by Crippen LogP contribution is 2.38. The second-order valence-corrected chi connectivity index (χ2v) is 3.55. The van der Waals surface area contributed by atoms with Crippen LogP contribution in [0.5, 0.6) is 17.2 Å². The lowest BCUT2D eigenvalue weighted by Crippen LogP contribution is -2.01. The standard InChI is InChI=1S/C12H17NO4/c1-8(13-14)5-9-6-10(15-2)12(17-4)11(7-9)16-3/h6-7,14H,5H2,1-4H3/b13-8-. The molecule has 1 rings (SSSR count). The summed E-state index contributed by atoms with van der Waals surface area (Å²) in [6, 6.07) is 3.66. The molecule has 0 amide bonds. The fraction of sp³-hybridized carbons (Fsp3) is 0.417. The molecular weight excluding hydrogens is 222 g/mol. The van der Waals surface area contributed by atoms with Crippen LogP contribution in [0.3, 0.4) is 0 Å². The Kier molecular flexibility index (Phi) is 4.63. The van der Waals surface area contributed by atoms with Crippen molar-refractivity contribution in [3.8, 4) is 17.2 Å². The predicted molar refractivity (Wildman–Crippen MR) is 64.7 cm³/mol. The first kappa shape index (κ1) is 13.2. The zero-order valence-electron chi connectivity index (χ0n) is 10.5. The van der Waals surface area contributed by atoms with Crippen molar-refractivity contribution < 1.29 is 19.4 Å². The Labute approximate surface area is 101 Å². The van der Waals surface area contributed by atoms with E-state index in [0.717, 1.165) is 5.56 Å². The van der Waals surface area contributed by atoms with Crippen LogP contribution in [0.4, 0.5) is 0 Å². The summed E-state index contributed by atoms with van der Waals surface area (Å²) in [6.07, 6.45) is 0.521. The molecule has 0 aromatic heterocycles. The summed E-state index contributed by atoms with van der Waals surface area (Å²) >= 11 is 0. The summed E-state index contributed by atoms with van der Waals surface area (Å²) in [6.45, 7) is 1.74. The van der Waals surface area contributed by atoms with Gasteiger partial charge in [0.05, 0.1) is 27.0 Å². The Morgan fingerprint density at radius 2 is 1.65 bits per heavy atom. The minimum absolute atomic E-state index is 0.521. The average molecular weight is 239 g/mol. The lowest BCUT2D eigenvalue weighted by atomic mass is 10.1. The zero-order valence-corrected chi connectivity index (χ0v) is 10.5. The second-order valence-electron chi connectivity index (χ2n) is 3.55. The average Bonchev–Trinajstić information content (AvgIpc) is 2.37. The van der Waals surface area contributed by atoms with Gasteiger partial charge in [-0.1, -0.05) is 5.16 Å². The highest BCUT2D eigenvalue weighted by molar-refractivity contribution is 5.83. The molecule has 1 aromatic rings. The summed E-state index contributed by atoms with van der Waals surface area (Å²) < 4.78 is 15.7. The first-order chi connectivity index (χ1) is 8.15. The molecule has 0 fully saturated rings. The van der Waals surface area contributed by atoms with E-state index in [-0.39, 0.29) is 0 Å². The maximum atomic E-state index is 8.65. The van der Waals surface area contributed by atoms with Crippen LogP contribution in [0.2, 0.25) is 0 Å². The van der Waals surface area contributed by atoms with E-state index < -0.39 is 0 Å². The Bertz CT molecular complexity index is 390. The SMILES string of the molecule is COc1cc(C/C(C)=N\O)cc(OC)c1OC. The molecule has 1 N–H and O–H groups in total. The van der Waals surface area contributed by atoms with Gasteiger partial charge < -0.3 is 19.4 Å². The van der Waals surface area contributed by atoms with Gasteiger partial charge in [0.25, 0.3) is 0 Å². The molecule has 0 saturated carbocycles. The van der Waals surface area contributed by atoms with E-state index in [4.69, 9.17) is 19.4 Å². The molecule has 0 heterocycles. The first-order valence-electron chi connectivity index (χ1n) is 5.12. The van der Waals surface area contributed by atoms with Gasteiger partial charge in [-0.3, -0.25) is 0 Å². The van der Waals surface area contributed by atoms with Crippen LogP contribution in [-0.4, -0.2) is 32.2 Å². The molecule has 17 heavy (non-hydrogen) atoms. The van der Waals surface area contributed by atoms with Crippen LogP contribution in [-0.2, 0) is 6.42 Å².